The largest absolute Gasteiger partial charge is 0.480 e. The monoisotopic (exact) mass is 1720 g/mol. The van der Waals surface area contributed by atoms with Gasteiger partial charge >= 0.3 is 24.1 Å². The number of piperidine rings is 4. The number of benzene rings is 2. The number of ketones is 3. The van der Waals surface area contributed by atoms with Crippen molar-refractivity contribution in [3.63, 3.8) is 0 Å². The number of amides is 5. The Hall–Kier alpha value is -7.96. The van der Waals surface area contributed by atoms with Gasteiger partial charge in [0.05, 0.1) is 55.6 Å². The van der Waals surface area contributed by atoms with Gasteiger partial charge in [-0.15, -0.1) is 0 Å². The van der Waals surface area contributed by atoms with Gasteiger partial charge in [0.15, 0.2) is 23.0 Å². The highest BCUT2D eigenvalue weighted by atomic mass is 16.6. The van der Waals surface area contributed by atoms with Gasteiger partial charge in [0.2, 0.25) is 5.91 Å². The van der Waals surface area contributed by atoms with E-state index in [2.05, 4.69) is 70.9 Å². The molecule has 4 aliphatic heterocycles. The number of carboxylic acids is 2. The molecule has 29 nitrogen and oxygen atoms in total. The minimum absolute atomic E-state index is 0. The van der Waals surface area contributed by atoms with Crippen molar-refractivity contribution in [3.05, 3.63) is 59.9 Å². The summed E-state index contributed by atoms with van der Waals surface area (Å²) >= 11 is 0. The van der Waals surface area contributed by atoms with Gasteiger partial charge in [-0.1, -0.05) is 125 Å². The number of carbonyl (C=O) groups excluding carboxylic acids is 8. The second-order valence-corrected chi connectivity index (χ2v) is 43.6. The number of nitrogens with two attached hydrogens (primary N) is 3. The zero-order valence-electron chi connectivity index (χ0n) is 74.8. The Morgan fingerprint density at radius 1 is 0.455 bits per heavy atom. The number of aromatic nitrogens is 4. The Bertz CT molecular complexity index is 4510. The molecule has 16 atom stereocenters. The fraction of sp³-hybridized carbons (Fsp3) is 0.745. The smallest absolute Gasteiger partial charge is 0.411 e. The number of rotatable bonds is 20. The van der Waals surface area contributed by atoms with Crippen LogP contribution in [0.5, 0.6) is 0 Å². The number of primary amides is 2. The normalized spacial score (nSPS) is 31.4. The lowest BCUT2D eigenvalue weighted by Crippen LogP contribution is -2.46. The van der Waals surface area contributed by atoms with Crippen LogP contribution in [0.2, 0.25) is 0 Å². The third kappa shape index (κ3) is 23.3. The van der Waals surface area contributed by atoms with Crippen LogP contribution < -0.4 is 22.5 Å². The molecule has 13 N–H and O–H groups in total. The van der Waals surface area contributed by atoms with Crippen molar-refractivity contribution >= 4 is 81.0 Å². The van der Waals surface area contributed by atoms with E-state index in [-0.39, 0.29) is 122 Å². The molecular weight excluding hydrogens is 1570 g/mol. The molecule has 2 aromatic heterocycles. The first-order valence-electron chi connectivity index (χ1n) is 44.8. The average Bonchev–Trinajstić information content (AvgIpc) is 1.54. The summed E-state index contributed by atoms with van der Waals surface area (Å²) in [4.78, 5) is 127. The van der Waals surface area contributed by atoms with Gasteiger partial charge in [-0.05, 0) is 222 Å². The summed E-state index contributed by atoms with van der Waals surface area (Å²) in [5.41, 5.74) is 17.2. The summed E-state index contributed by atoms with van der Waals surface area (Å²) in [6.45, 7) is 28.9. The van der Waals surface area contributed by atoms with Gasteiger partial charge in [0.1, 0.15) is 36.1 Å². The number of carbonyl (C=O) groups is 10. The number of ether oxygens (including phenoxy) is 2. The van der Waals surface area contributed by atoms with Crippen molar-refractivity contribution in [3.8, 4) is 0 Å². The van der Waals surface area contributed by atoms with Crippen LogP contribution in [0.4, 0.5) is 9.59 Å². The van der Waals surface area contributed by atoms with Crippen molar-refractivity contribution in [2.24, 2.45) is 78.3 Å². The third-order valence-corrected chi connectivity index (χ3v) is 28.6. The number of nitrogens with one attached hydrogen (secondary N) is 1. The van der Waals surface area contributed by atoms with E-state index in [4.69, 9.17) is 36.9 Å². The molecule has 4 saturated heterocycles. The molecule has 123 heavy (non-hydrogen) atoms. The number of fused-ring (bicyclic) bond motifs is 6. The van der Waals surface area contributed by atoms with Gasteiger partial charge in [-0.3, -0.25) is 52.7 Å². The molecule has 8 saturated carbocycles. The predicted molar refractivity (Wildman–Crippen MR) is 466 cm³/mol. The Kier molecular flexibility index (Phi) is 29.7. The maximum absolute atomic E-state index is 13.6. The number of carboxylic acid groups (broad SMARTS) is 2. The molecule has 8 aliphatic carbocycles. The van der Waals surface area contributed by atoms with E-state index in [0.29, 0.717) is 112 Å². The summed E-state index contributed by atoms with van der Waals surface area (Å²) in [5.74, 6) is -1.58. The fourth-order valence-corrected chi connectivity index (χ4v) is 22.1. The maximum atomic E-state index is 13.6. The molecule has 4 aromatic rings. The van der Waals surface area contributed by atoms with Crippen LogP contribution in [0.3, 0.4) is 0 Å². The lowest BCUT2D eigenvalue weighted by molar-refractivity contribution is -0.143. The second kappa shape index (κ2) is 37.5. The van der Waals surface area contributed by atoms with E-state index < -0.39 is 70.7 Å². The minimum Gasteiger partial charge on any atom is -0.480 e. The highest BCUT2D eigenvalue weighted by Crippen LogP contribution is 2.63. The van der Waals surface area contributed by atoms with Crippen LogP contribution in [-0.4, -0.2) is 216 Å². The zero-order chi connectivity index (χ0) is 89.6. The molecule has 4 unspecified atom stereocenters. The molecule has 684 valence electrons. The molecular formula is C94H145N11O18. The highest BCUT2D eigenvalue weighted by Gasteiger charge is 2.70. The number of hydrogen-bond acceptors (Lipinski definition) is 20. The van der Waals surface area contributed by atoms with Crippen LogP contribution in [-0.2, 0) is 51.3 Å². The first-order chi connectivity index (χ1) is 56.9. The summed E-state index contributed by atoms with van der Waals surface area (Å²) in [5, 5.41) is 69.2. The number of aliphatic hydroxyl groups excluding tert-OH is 4. The van der Waals surface area contributed by atoms with E-state index in [1.807, 2.05) is 26.8 Å². The SMILES string of the molecule is C.CC(C)(C)OC(=O)N1[C@H](C(=O)O)C[C@@]2(CO)C[C@@H]12.CC1(C)CCCC(CC(=O)[C@@H]2C[C@@]3(CO)C[C@H]3N2)C1.CC1(C)CCCC(CC(=O)[C@@H]2C[C@@]3(CO)C[C@H]3N2C(=O)Cn2nc(C(N)=O)c3ccccc32)C1.CC1(C)CCCC(CC(=O)[C@@H]2C[C@@]3(CO)C[C@H]3N2C(=O)OC(C)(C)C)C1.CC1(C)CCCC(N)C1.NC(=O)c1nn(CC(=O)O)c2ccccc12. The number of Topliss-reactive ketones (excluding diaryl/α,β-unsaturated/α-hetero) is 3. The lowest BCUT2D eigenvalue weighted by Gasteiger charge is -2.36. The Labute approximate surface area is 726 Å². The van der Waals surface area contributed by atoms with Crippen molar-refractivity contribution < 1.29 is 88.1 Å². The van der Waals surface area contributed by atoms with Gasteiger partial charge in [0, 0.05) is 81.9 Å². The van der Waals surface area contributed by atoms with Gasteiger partial charge in [-0.2, -0.15) is 10.2 Å². The van der Waals surface area contributed by atoms with Gasteiger partial charge in [0.25, 0.3) is 11.8 Å². The number of likely N-dealkylation sites (tertiary alicyclic amines) is 3. The van der Waals surface area contributed by atoms with Crippen molar-refractivity contribution in [2.45, 2.75) is 356 Å². The number of aliphatic hydroxyl groups is 4. The predicted octanol–water partition coefficient (Wildman–Crippen LogP) is 12.5. The van der Waals surface area contributed by atoms with E-state index in [0.717, 1.165) is 64.2 Å². The van der Waals surface area contributed by atoms with Gasteiger partial charge in [-0.25, -0.2) is 14.4 Å². The molecule has 0 bridgehead atoms. The Morgan fingerprint density at radius 2 is 0.813 bits per heavy atom. The van der Waals surface area contributed by atoms with Crippen LogP contribution >= 0.6 is 0 Å². The summed E-state index contributed by atoms with van der Waals surface area (Å²) in [6.07, 6.45) is 25.4. The molecule has 16 rings (SSSR count). The van der Waals surface area contributed by atoms with Crippen LogP contribution in [0.15, 0.2) is 48.5 Å². The molecule has 29 heteroatoms. The average molecular weight is 1720 g/mol. The molecule has 12 fully saturated rings. The Balaban J connectivity index is 0.000000160. The lowest BCUT2D eigenvalue weighted by atomic mass is 9.70. The quantitative estimate of drug-likeness (QED) is 0.0393. The van der Waals surface area contributed by atoms with E-state index in [1.165, 1.54) is 84.9 Å². The third-order valence-electron chi connectivity index (χ3n) is 28.6. The van der Waals surface area contributed by atoms with Crippen molar-refractivity contribution in [2.75, 3.05) is 26.4 Å². The summed E-state index contributed by atoms with van der Waals surface area (Å²) < 4.78 is 13.5. The fourth-order valence-electron chi connectivity index (χ4n) is 22.1. The summed E-state index contributed by atoms with van der Waals surface area (Å²) in [7, 11) is 0. The molecule has 12 aliphatic rings. The number of para-hydroxylation sites is 2. The molecule has 0 spiro atoms. The first-order valence-corrected chi connectivity index (χ1v) is 44.8. The number of aliphatic carboxylic acids is 2. The molecule has 0 radical (unpaired) electrons. The van der Waals surface area contributed by atoms with Crippen molar-refractivity contribution in [1.29, 1.82) is 0 Å². The minimum atomic E-state index is -1.04. The van der Waals surface area contributed by atoms with Gasteiger partial charge < -0.3 is 67.5 Å². The van der Waals surface area contributed by atoms with E-state index in [1.54, 1.807) is 73.0 Å². The topological polar surface area (TPSA) is 446 Å². The van der Waals surface area contributed by atoms with Crippen LogP contribution in [0, 0.1) is 61.1 Å². The Morgan fingerprint density at radius 3 is 1.16 bits per heavy atom. The van der Waals surface area contributed by atoms with Crippen LogP contribution in [0.1, 0.15) is 299 Å². The number of hydrogen-bond donors (Lipinski definition) is 10. The highest BCUT2D eigenvalue weighted by molar-refractivity contribution is 6.05. The maximum Gasteiger partial charge on any atom is 0.411 e. The standard InChI is InChI=1S/C26H34N4O4.C21H35NO4.C16H27NO2.C12H19NO5.C10H9N3O3.C8H17N.CH4/c1-25(2)9-5-6-16(11-25)10-20(32)19-12-26(15-31)13-21(26)30(19)22(33)14-29-18-8-4-3-7-17(18)23(28-29)24(27)34;1-19(2,3)26-18(25)22-15(11-21(13-23)12-17(21)22)16(24)9-14-7-6-8-20(4,5)10-14;1-15(2)5-3-4-11(7-15)6-13(19)12-8-16(10-18)9-14(16)17-12;1-11(2,3)18-10(17)13-7(9(15)16)4-12(6-14)5-8(12)13;11-10(16)9-6-3-1-2-4-7(6)13(12-9)5-8(14)15;1-8(2)5-3-4-7(9)6-8;/h3-4,7-8,16,19,21,31H,5-6,9-15H2,1-2H3,(H2,27,34);14-15,17,23H,6-13H2,1-5H3;11-12,14,17-18H,3-10H2,1-2H3;7-8,14H,4-6H2,1-3H3,(H,15,16);1-4H,5H2,(H2,11,16)(H,14,15);7H,3-6,9H2,1-2H3;1H4/t16?,19-,21+,26-;14?,15-,17+,21-;11?,12-,14+,16-;7-,8+,12-;;;/m0000.../s1. The number of nitrogens with zero attached hydrogens (tertiary/aromatic N) is 7. The molecule has 2 aromatic carbocycles. The molecule has 6 heterocycles. The first kappa shape index (κ1) is 97.2. The second-order valence-electron chi connectivity index (χ2n) is 43.6. The van der Waals surface area contributed by atoms with E-state index in [9.17, 15) is 68.4 Å². The van der Waals surface area contributed by atoms with E-state index >= 15 is 0 Å². The zero-order valence-corrected chi connectivity index (χ0v) is 74.8. The summed E-state index contributed by atoms with van der Waals surface area (Å²) in [6, 6.07) is 12.8. The van der Waals surface area contributed by atoms with Crippen LogP contribution in [0.25, 0.3) is 21.8 Å². The van der Waals surface area contributed by atoms with Crippen molar-refractivity contribution in [1.82, 2.24) is 39.6 Å². The molecule has 5 amide bonds.